The second-order valence-electron chi connectivity index (χ2n) is 5.84. The van der Waals surface area contributed by atoms with Crippen molar-refractivity contribution in [2.24, 2.45) is 0 Å². The third-order valence-corrected chi connectivity index (χ3v) is 4.36. The number of likely N-dealkylation sites (N-methyl/N-ethyl adjacent to an activating group) is 1. The number of nitrogens with one attached hydrogen (secondary N) is 1. The standard InChI is InChI=1S/C15H26N4O2/c1-11-13(17-12(2)18-14(11)20-5)16-10-15(19(3)4)6-8-21-9-7-15/h6-10H2,1-5H3,(H,16,17,18). The van der Waals surface area contributed by atoms with E-state index in [1.807, 2.05) is 13.8 Å². The lowest BCUT2D eigenvalue weighted by Crippen LogP contribution is -2.53. The molecule has 1 aliphatic rings. The Labute approximate surface area is 126 Å². The van der Waals surface area contributed by atoms with E-state index in [4.69, 9.17) is 9.47 Å². The second-order valence-corrected chi connectivity index (χ2v) is 5.84. The summed E-state index contributed by atoms with van der Waals surface area (Å²) in [7, 11) is 5.90. The van der Waals surface area contributed by atoms with Gasteiger partial charge in [-0.2, -0.15) is 4.98 Å². The first-order valence-corrected chi connectivity index (χ1v) is 7.37. The number of aryl methyl sites for hydroxylation is 1. The van der Waals surface area contributed by atoms with Gasteiger partial charge in [0.05, 0.1) is 12.7 Å². The van der Waals surface area contributed by atoms with Crippen molar-refractivity contribution in [3.63, 3.8) is 0 Å². The quantitative estimate of drug-likeness (QED) is 0.890. The van der Waals surface area contributed by atoms with Crippen molar-refractivity contribution in [3.8, 4) is 5.88 Å². The minimum Gasteiger partial charge on any atom is -0.481 e. The molecule has 0 bridgehead atoms. The number of rotatable bonds is 5. The van der Waals surface area contributed by atoms with Crippen molar-refractivity contribution in [3.05, 3.63) is 11.4 Å². The third-order valence-electron chi connectivity index (χ3n) is 4.36. The van der Waals surface area contributed by atoms with Crippen LogP contribution in [0.4, 0.5) is 5.82 Å². The van der Waals surface area contributed by atoms with E-state index in [9.17, 15) is 0 Å². The Hall–Kier alpha value is -1.40. The molecule has 2 rings (SSSR count). The summed E-state index contributed by atoms with van der Waals surface area (Å²) in [6.07, 6.45) is 2.04. The number of hydrogen-bond donors (Lipinski definition) is 1. The lowest BCUT2D eigenvalue weighted by atomic mass is 9.88. The molecule has 6 nitrogen and oxygen atoms in total. The Kier molecular flexibility index (Phi) is 5.00. The van der Waals surface area contributed by atoms with Gasteiger partial charge in [-0.05, 0) is 40.8 Å². The van der Waals surface area contributed by atoms with E-state index in [0.717, 1.165) is 44.0 Å². The van der Waals surface area contributed by atoms with Gasteiger partial charge in [0.25, 0.3) is 0 Å². The van der Waals surface area contributed by atoms with Gasteiger partial charge in [-0.25, -0.2) is 4.98 Å². The highest BCUT2D eigenvalue weighted by Gasteiger charge is 2.34. The van der Waals surface area contributed by atoms with E-state index in [1.54, 1.807) is 7.11 Å². The molecule has 1 aliphatic heterocycles. The molecule has 1 fully saturated rings. The maximum absolute atomic E-state index is 5.51. The lowest BCUT2D eigenvalue weighted by Gasteiger charge is -2.43. The molecule has 0 radical (unpaired) electrons. The average molecular weight is 294 g/mol. The molecule has 1 saturated heterocycles. The summed E-state index contributed by atoms with van der Waals surface area (Å²) in [5.74, 6) is 2.20. The maximum Gasteiger partial charge on any atom is 0.221 e. The Morgan fingerprint density at radius 3 is 2.48 bits per heavy atom. The highest BCUT2D eigenvalue weighted by molar-refractivity contribution is 5.48. The number of hydrogen-bond acceptors (Lipinski definition) is 6. The molecular formula is C15H26N4O2. The minimum absolute atomic E-state index is 0.108. The highest BCUT2D eigenvalue weighted by atomic mass is 16.5. The van der Waals surface area contributed by atoms with Gasteiger partial charge in [0.15, 0.2) is 0 Å². The number of anilines is 1. The fraction of sp³-hybridized carbons (Fsp3) is 0.733. The van der Waals surface area contributed by atoms with E-state index >= 15 is 0 Å². The number of nitrogens with zero attached hydrogens (tertiary/aromatic N) is 3. The molecule has 0 spiro atoms. The molecule has 2 heterocycles. The van der Waals surface area contributed by atoms with Crippen molar-refractivity contribution >= 4 is 5.82 Å². The Balaban J connectivity index is 2.16. The zero-order chi connectivity index (χ0) is 15.5. The van der Waals surface area contributed by atoms with Crippen LogP contribution in [0, 0.1) is 13.8 Å². The van der Waals surface area contributed by atoms with E-state index < -0.39 is 0 Å². The van der Waals surface area contributed by atoms with E-state index in [2.05, 4.69) is 34.3 Å². The molecule has 0 aromatic carbocycles. The molecule has 1 aromatic heterocycles. The van der Waals surface area contributed by atoms with Gasteiger partial charge in [-0.3, -0.25) is 0 Å². The Morgan fingerprint density at radius 1 is 1.24 bits per heavy atom. The molecule has 21 heavy (non-hydrogen) atoms. The van der Waals surface area contributed by atoms with Crippen LogP contribution in [-0.4, -0.2) is 61.4 Å². The smallest absolute Gasteiger partial charge is 0.221 e. The van der Waals surface area contributed by atoms with Crippen LogP contribution in [0.1, 0.15) is 24.2 Å². The fourth-order valence-corrected chi connectivity index (χ4v) is 2.76. The normalized spacial score (nSPS) is 17.8. The van der Waals surface area contributed by atoms with E-state index in [-0.39, 0.29) is 5.54 Å². The summed E-state index contributed by atoms with van der Waals surface area (Å²) in [6.45, 7) is 6.32. The van der Waals surface area contributed by atoms with Crippen LogP contribution in [0.5, 0.6) is 5.88 Å². The van der Waals surface area contributed by atoms with Crippen LogP contribution in [0.25, 0.3) is 0 Å². The molecule has 0 atom stereocenters. The van der Waals surface area contributed by atoms with Gasteiger partial charge in [0, 0.05) is 25.3 Å². The van der Waals surface area contributed by atoms with Gasteiger partial charge >= 0.3 is 0 Å². The molecule has 1 N–H and O–H groups in total. The predicted octanol–water partition coefficient (Wildman–Crippen LogP) is 1.62. The Morgan fingerprint density at radius 2 is 1.90 bits per heavy atom. The van der Waals surface area contributed by atoms with Crippen LogP contribution in [0.15, 0.2) is 0 Å². The summed E-state index contributed by atoms with van der Waals surface area (Å²) in [6, 6.07) is 0. The molecular weight excluding hydrogens is 268 g/mol. The van der Waals surface area contributed by atoms with Gasteiger partial charge < -0.3 is 19.7 Å². The van der Waals surface area contributed by atoms with Crippen LogP contribution >= 0.6 is 0 Å². The molecule has 118 valence electrons. The van der Waals surface area contributed by atoms with E-state index in [0.29, 0.717) is 11.7 Å². The highest BCUT2D eigenvalue weighted by Crippen LogP contribution is 2.28. The fourth-order valence-electron chi connectivity index (χ4n) is 2.76. The first kappa shape index (κ1) is 16.0. The Bertz CT molecular complexity index is 485. The van der Waals surface area contributed by atoms with Crippen molar-refractivity contribution in [1.29, 1.82) is 0 Å². The van der Waals surface area contributed by atoms with Gasteiger partial charge in [-0.1, -0.05) is 0 Å². The topological polar surface area (TPSA) is 59.5 Å². The van der Waals surface area contributed by atoms with Crippen LogP contribution in [0.3, 0.4) is 0 Å². The molecule has 0 amide bonds. The van der Waals surface area contributed by atoms with Crippen molar-refractivity contribution < 1.29 is 9.47 Å². The van der Waals surface area contributed by atoms with Crippen LogP contribution in [0.2, 0.25) is 0 Å². The number of methoxy groups -OCH3 is 1. The van der Waals surface area contributed by atoms with Crippen molar-refractivity contribution in [1.82, 2.24) is 14.9 Å². The largest absolute Gasteiger partial charge is 0.481 e. The van der Waals surface area contributed by atoms with E-state index in [1.165, 1.54) is 0 Å². The third kappa shape index (κ3) is 3.44. The molecule has 1 aromatic rings. The SMILES string of the molecule is COc1nc(C)nc(NCC2(N(C)C)CCOCC2)c1C. The number of aromatic nitrogens is 2. The van der Waals surface area contributed by atoms with Crippen LogP contribution in [-0.2, 0) is 4.74 Å². The van der Waals surface area contributed by atoms with Crippen molar-refractivity contribution in [2.75, 3.05) is 46.3 Å². The van der Waals surface area contributed by atoms with Gasteiger partial charge in [0.1, 0.15) is 11.6 Å². The summed E-state index contributed by atoms with van der Waals surface area (Å²) >= 11 is 0. The zero-order valence-electron chi connectivity index (χ0n) is 13.7. The first-order chi connectivity index (χ1) is 9.98. The van der Waals surface area contributed by atoms with Gasteiger partial charge in [0.2, 0.25) is 5.88 Å². The summed E-state index contributed by atoms with van der Waals surface area (Å²) < 4.78 is 10.8. The average Bonchev–Trinajstić information content (AvgIpc) is 2.48. The summed E-state index contributed by atoms with van der Waals surface area (Å²) in [5.41, 5.74) is 1.06. The monoisotopic (exact) mass is 294 g/mol. The summed E-state index contributed by atoms with van der Waals surface area (Å²) in [4.78, 5) is 11.1. The molecule has 0 unspecified atom stereocenters. The lowest BCUT2D eigenvalue weighted by molar-refractivity contribution is -0.000674. The van der Waals surface area contributed by atoms with Crippen LogP contribution < -0.4 is 10.1 Å². The zero-order valence-corrected chi connectivity index (χ0v) is 13.7. The number of ether oxygens (including phenoxy) is 2. The minimum atomic E-state index is 0.108. The molecule has 6 heteroatoms. The predicted molar refractivity (Wildman–Crippen MR) is 83.0 cm³/mol. The maximum atomic E-state index is 5.51. The molecule has 0 aliphatic carbocycles. The second kappa shape index (κ2) is 6.58. The van der Waals surface area contributed by atoms with Crippen molar-refractivity contribution in [2.45, 2.75) is 32.2 Å². The van der Waals surface area contributed by atoms with Gasteiger partial charge in [-0.15, -0.1) is 0 Å². The molecule has 0 saturated carbocycles. The first-order valence-electron chi connectivity index (χ1n) is 7.37. The summed E-state index contributed by atoms with van der Waals surface area (Å²) in [5, 5.41) is 3.49.